The number of rotatable bonds is 5. The van der Waals surface area contributed by atoms with Crippen molar-refractivity contribution in [2.75, 3.05) is 6.54 Å². The van der Waals surface area contributed by atoms with E-state index in [4.69, 9.17) is 4.74 Å². The summed E-state index contributed by atoms with van der Waals surface area (Å²) in [6, 6.07) is 6.41. The van der Waals surface area contributed by atoms with Crippen LogP contribution in [0.1, 0.15) is 45.7 Å². The minimum Gasteiger partial charge on any atom is -0.460 e. The van der Waals surface area contributed by atoms with E-state index in [1.807, 2.05) is 27.7 Å². The number of esters is 1. The van der Waals surface area contributed by atoms with Crippen LogP contribution in [0.3, 0.4) is 0 Å². The van der Waals surface area contributed by atoms with Crippen LogP contribution in [0.2, 0.25) is 0 Å². The molecule has 1 N–H and O–H groups in total. The van der Waals surface area contributed by atoms with Gasteiger partial charge in [0.25, 0.3) is 0 Å². The van der Waals surface area contributed by atoms with Crippen molar-refractivity contribution >= 4 is 5.97 Å². The van der Waals surface area contributed by atoms with Crippen molar-refractivity contribution in [1.82, 2.24) is 5.32 Å². The van der Waals surface area contributed by atoms with Crippen LogP contribution < -0.4 is 5.32 Å². The molecule has 3 nitrogen and oxygen atoms in total. The van der Waals surface area contributed by atoms with E-state index in [9.17, 15) is 9.18 Å². The molecule has 0 saturated carbocycles. The van der Waals surface area contributed by atoms with Crippen LogP contribution in [-0.4, -0.2) is 18.1 Å². The molecule has 19 heavy (non-hydrogen) atoms. The third-order valence-electron chi connectivity index (χ3n) is 2.57. The predicted octanol–water partition coefficient (Wildman–Crippen LogP) is 3.21. The van der Waals surface area contributed by atoms with Crippen LogP contribution in [0.5, 0.6) is 0 Å². The predicted molar refractivity (Wildman–Crippen MR) is 73.3 cm³/mol. The third kappa shape index (κ3) is 6.34. The van der Waals surface area contributed by atoms with Crippen molar-refractivity contribution in [2.24, 2.45) is 0 Å². The molecule has 106 valence electrons. The highest BCUT2D eigenvalue weighted by Crippen LogP contribution is 2.13. The summed E-state index contributed by atoms with van der Waals surface area (Å²) < 4.78 is 18.0. The molecule has 0 radical (unpaired) electrons. The summed E-state index contributed by atoms with van der Waals surface area (Å²) in [6.07, 6.45) is 0.322. The number of carbonyl (C=O) groups is 1. The Morgan fingerprint density at radius 3 is 2.42 bits per heavy atom. The van der Waals surface area contributed by atoms with Gasteiger partial charge in [0.2, 0.25) is 0 Å². The summed E-state index contributed by atoms with van der Waals surface area (Å²) in [6.45, 7) is 8.05. The van der Waals surface area contributed by atoms with E-state index in [1.165, 1.54) is 12.1 Å². The van der Waals surface area contributed by atoms with Gasteiger partial charge in [-0.2, -0.15) is 0 Å². The minimum absolute atomic E-state index is 0.0723. The fourth-order valence-corrected chi connectivity index (χ4v) is 1.65. The van der Waals surface area contributed by atoms with Gasteiger partial charge in [-0.15, -0.1) is 0 Å². The quantitative estimate of drug-likeness (QED) is 0.832. The van der Waals surface area contributed by atoms with Crippen molar-refractivity contribution in [2.45, 2.75) is 45.8 Å². The number of nitrogens with one attached hydrogen (secondary N) is 1. The average molecular weight is 267 g/mol. The number of ether oxygens (including phenoxy) is 1. The molecular weight excluding hydrogens is 245 g/mol. The van der Waals surface area contributed by atoms with E-state index >= 15 is 0 Å². The number of benzene rings is 1. The Morgan fingerprint density at radius 2 is 1.89 bits per heavy atom. The zero-order valence-electron chi connectivity index (χ0n) is 12.0. The molecule has 0 aliphatic carbocycles. The van der Waals surface area contributed by atoms with E-state index < -0.39 is 5.60 Å². The third-order valence-corrected chi connectivity index (χ3v) is 2.57. The molecule has 1 aromatic carbocycles. The molecule has 0 unspecified atom stereocenters. The number of hydrogen-bond acceptors (Lipinski definition) is 3. The normalized spacial score (nSPS) is 13.1. The van der Waals surface area contributed by atoms with Crippen LogP contribution >= 0.6 is 0 Å². The van der Waals surface area contributed by atoms with E-state index in [-0.39, 0.29) is 17.8 Å². The fraction of sp³-hybridized carbons (Fsp3) is 0.533. The lowest BCUT2D eigenvalue weighted by Crippen LogP contribution is -2.27. The smallest absolute Gasteiger partial charge is 0.307 e. The maximum absolute atomic E-state index is 12.8. The second-order valence-electron chi connectivity index (χ2n) is 5.56. The Bertz CT molecular complexity index is 409. The molecule has 0 fully saturated rings. The van der Waals surface area contributed by atoms with Gasteiger partial charge in [-0.05, 0) is 45.4 Å². The second kappa shape index (κ2) is 6.66. The monoisotopic (exact) mass is 267 g/mol. The summed E-state index contributed by atoms with van der Waals surface area (Å²) in [4.78, 5) is 11.5. The first-order chi connectivity index (χ1) is 8.78. The van der Waals surface area contributed by atoms with Gasteiger partial charge >= 0.3 is 5.97 Å². The van der Waals surface area contributed by atoms with Crippen molar-refractivity contribution < 1.29 is 13.9 Å². The van der Waals surface area contributed by atoms with E-state index in [1.54, 1.807) is 12.1 Å². The van der Waals surface area contributed by atoms with E-state index in [0.29, 0.717) is 13.0 Å². The van der Waals surface area contributed by atoms with Crippen LogP contribution in [0.4, 0.5) is 4.39 Å². The van der Waals surface area contributed by atoms with Gasteiger partial charge in [0, 0.05) is 12.6 Å². The zero-order chi connectivity index (χ0) is 14.5. The molecule has 1 atom stereocenters. The van der Waals surface area contributed by atoms with Gasteiger partial charge in [-0.25, -0.2) is 4.39 Å². The van der Waals surface area contributed by atoms with Crippen LogP contribution in [0, 0.1) is 5.82 Å². The molecule has 0 bridgehead atoms. The lowest BCUT2D eigenvalue weighted by Gasteiger charge is -2.20. The first-order valence-corrected chi connectivity index (χ1v) is 6.48. The molecule has 0 aliphatic rings. The number of carbonyl (C=O) groups excluding carboxylic acids is 1. The molecular formula is C15H22FNO2. The summed E-state index contributed by atoms with van der Waals surface area (Å²) in [7, 11) is 0. The molecule has 1 aromatic rings. The molecule has 0 amide bonds. The standard InChI is InChI=1S/C15H22FNO2/c1-11(12-5-7-13(16)8-6-12)17-10-9-14(18)19-15(2,3)4/h5-8,11,17H,9-10H2,1-4H3/t11-/m1/s1. The highest BCUT2D eigenvalue weighted by atomic mass is 19.1. The van der Waals surface area contributed by atoms with E-state index in [2.05, 4.69) is 5.32 Å². The summed E-state index contributed by atoms with van der Waals surface area (Å²) in [5.74, 6) is -0.462. The lowest BCUT2D eigenvalue weighted by atomic mass is 10.1. The Hall–Kier alpha value is -1.42. The lowest BCUT2D eigenvalue weighted by molar-refractivity contribution is -0.154. The minimum atomic E-state index is -0.445. The maximum atomic E-state index is 12.8. The molecule has 0 heterocycles. The van der Waals surface area contributed by atoms with Crippen LogP contribution in [-0.2, 0) is 9.53 Å². The average Bonchev–Trinajstić information content (AvgIpc) is 2.27. The van der Waals surface area contributed by atoms with Gasteiger partial charge < -0.3 is 10.1 Å². The van der Waals surface area contributed by atoms with E-state index in [0.717, 1.165) is 5.56 Å². The summed E-state index contributed by atoms with van der Waals surface area (Å²) >= 11 is 0. The van der Waals surface area contributed by atoms with Crippen molar-refractivity contribution in [1.29, 1.82) is 0 Å². The summed E-state index contributed by atoms with van der Waals surface area (Å²) in [5, 5.41) is 3.21. The Balaban J connectivity index is 2.33. The maximum Gasteiger partial charge on any atom is 0.307 e. The second-order valence-corrected chi connectivity index (χ2v) is 5.56. The molecule has 1 rings (SSSR count). The van der Waals surface area contributed by atoms with Crippen molar-refractivity contribution in [3.05, 3.63) is 35.6 Å². The first kappa shape index (κ1) is 15.6. The van der Waals surface area contributed by atoms with Gasteiger partial charge in [0.15, 0.2) is 0 Å². The number of hydrogen-bond donors (Lipinski definition) is 1. The van der Waals surface area contributed by atoms with Crippen LogP contribution in [0.25, 0.3) is 0 Å². The highest BCUT2D eigenvalue weighted by Gasteiger charge is 2.16. The molecule has 4 heteroatoms. The van der Waals surface area contributed by atoms with Gasteiger partial charge in [0.1, 0.15) is 11.4 Å². The first-order valence-electron chi connectivity index (χ1n) is 6.48. The van der Waals surface area contributed by atoms with Crippen molar-refractivity contribution in [3.8, 4) is 0 Å². The van der Waals surface area contributed by atoms with Gasteiger partial charge in [-0.3, -0.25) is 4.79 Å². The zero-order valence-corrected chi connectivity index (χ0v) is 12.0. The van der Waals surface area contributed by atoms with Crippen LogP contribution in [0.15, 0.2) is 24.3 Å². The van der Waals surface area contributed by atoms with Gasteiger partial charge in [0.05, 0.1) is 6.42 Å². The fourth-order valence-electron chi connectivity index (χ4n) is 1.65. The topological polar surface area (TPSA) is 38.3 Å². The Morgan fingerprint density at radius 1 is 1.32 bits per heavy atom. The largest absolute Gasteiger partial charge is 0.460 e. The molecule has 0 spiro atoms. The SMILES string of the molecule is C[C@@H](NCCC(=O)OC(C)(C)C)c1ccc(F)cc1. The van der Waals surface area contributed by atoms with Crippen molar-refractivity contribution in [3.63, 3.8) is 0 Å². The molecule has 0 saturated heterocycles. The Labute approximate surface area is 114 Å². The summed E-state index contributed by atoms with van der Waals surface area (Å²) in [5.41, 5.74) is 0.547. The molecule has 0 aromatic heterocycles. The number of halogens is 1. The van der Waals surface area contributed by atoms with Gasteiger partial charge in [-0.1, -0.05) is 12.1 Å². The highest BCUT2D eigenvalue weighted by molar-refractivity contribution is 5.70. The Kier molecular flexibility index (Phi) is 5.48. The molecule has 0 aliphatic heterocycles.